The third kappa shape index (κ3) is 6.68. The smallest absolute Gasteiger partial charge is 0.399 e. The van der Waals surface area contributed by atoms with Crippen molar-refractivity contribution < 1.29 is 19.1 Å². The number of nitrogens with zero attached hydrogens (tertiary/aromatic N) is 1. The molecule has 2 heterocycles. The highest BCUT2D eigenvalue weighted by Crippen LogP contribution is 2.28. The van der Waals surface area contributed by atoms with Crippen LogP contribution in [0, 0.1) is 0 Å². The maximum absolute atomic E-state index is 13.1. The Morgan fingerprint density at radius 2 is 2.06 bits per heavy atom. The van der Waals surface area contributed by atoms with Gasteiger partial charge in [-0.3, -0.25) is 9.59 Å². The molecule has 166 valence electrons. The third-order valence-electron chi connectivity index (χ3n) is 5.03. The summed E-state index contributed by atoms with van der Waals surface area (Å²) in [5, 5.41) is 5.86. The van der Waals surface area contributed by atoms with E-state index in [-0.39, 0.29) is 18.9 Å². The Hall–Kier alpha value is -2.62. The van der Waals surface area contributed by atoms with Gasteiger partial charge in [0.15, 0.2) is 5.06 Å². The Kier molecular flexibility index (Phi) is 7.89. The molecule has 3 rings (SSSR count). The topological polar surface area (TPSA) is 114 Å². The molecular weight excluding hydrogens is 440 g/mol. The second-order valence-corrected chi connectivity index (χ2v) is 9.10. The first kappa shape index (κ1) is 23.1. The van der Waals surface area contributed by atoms with Crippen molar-refractivity contribution in [2.45, 2.75) is 31.3 Å². The zero-order chi connectivity index (χ0) is 22.4. The predicted molar refractivity (Wildman–Crippen MR) is 119 cm³/mol. The van der Waals surface area contributed by atoms with Crippen molar-refractivity contribution in [3.63, 3.8) is 0 Å². The van der Waals surface area contributed by atoms with Gasteiger partial charge in [0.25, 0.3) is 0 Å². The molecule has 4 N–H and O–H groups in total. The van der Waals surface area contributed by atoms with E-state index in [9.17, 15) is 14.4 Å². The maximum atomic E-state index is 13.1. The minimum atomic E-state index is -0.976. The van der Waals surface area contributed by atoms with Gasteiger partial charge in [-0.05, 0) is 43.1 Å². The summed E-state index contributed by atoms with van der Waals surface area (Å²) in [7, 11) is 2.00. The molecular formula is C21H25ClN4O4S. The largest absolute Gasteiger partial charge is 0.414 e. The van der Waals surface area contributed by atoms with Crippen LogP contribution >= 0.6 is 22.9 Å². The summed E-state index contributed by atoms with van der Waals surface area (Å²) in [5.41, 5.74) is 7.47. The van der Waals surface area contributed by atoms with Gasteiger partial charge in [-0.15, -0.1) is 0 Å². The van der Waals surface area contributed by atoms with Gasteiger partial charge in [-0.1, -0.05) is 47.2 Å². The first-order valence-corrected chi connectivity index (χ1v) is 11.1. The number of likely N-dealkylation sites (N-methyl/N-ethyl adjacent to an activating group) is 1. The molecule has 3 amide bonds. The van der Waals surface area contributed by atoms with Gasteiger partial charge in [0.2, 0.25) is 11.8 Å². The SMILES string of the molecule is CN1CCc2ccccc2C(NC(=O)[C@@H](CCC(N)=O)NC(=O)Oc2ccc(Cl)s2)C1. The number of thiophene rings is 1. The molecule has 1 aliphatic heterocycles. The number of hydrogen-bond acceptors (Lipinski definition) is 6. The Morgan fingerprint density at radius 3 is 2.77 bits per heavy atom. The van der Waals surface area contributed by atoms with Crippen molar-refractivity contribution in [3.8, 4) is 5.06 Å². The minimum Gasteiger partial charge on any atom is -0.399 e. The van der Waals surface area contributed by atoms with Gasteiger partial charge in [0, 0.05) is 19.5 Å². The van der Waals surface area contributed by atoms with Gasteiger partial charge in [0.05, 0.1) is 10.4 Å². The fourth-order valence-corrected chi connectivity index (χ4v) is 4.35. The number of rotatable bonds is 7. The number of carbonyl (C=O) groups is 3. The van der Waals surface area contributed by atoms with Gasteiger partial charge >= 0.3 is 6.09 Å². The van der Waals surface area contributed by atoms with Crippen LogP contribution in [0.4, 0.5) is 4.79 Å². The van der Waals surface area contributed by atoms with Gasteiger partial charge in [0.1, 0.15) is 6.04 Å². The van der Waals surface area contributed by atoms with Crippen LogP contribution in [-0.4, -0.2) is 49.0 Å². The van der Waals surface area contributed by atoms with Gasteiger partial charge in [-0.2, -0.15) is 0 Å². The summed E-state index contributed by atoms with van der Waals surface area (Å²) in [5.74, 6) is -0.963. The molecule has 1 aliphatic rings. The van der Waals surface area contributed by atoms with Crippen LogP contribution in [0.25, 0.3) is 0 Å². The van der Waals surface area contributed by atoms with E-state index in [0.29, 0.717) is 15.9 Å². The quantitative estimate of drug-likeness (QED) is 0.582. The number of benzene rings is 1. The molecule has 0 saturated heterocycles. The number of amides is 3. The van der Waals surface area contributed by atoms with E-state index in [0.717, 1.165) is 29.9 Å². The van der Waals surface area contributed by atoms with Crippen molar-refractivity contribution in [1.82, 2.24) is 15.5 Å². The Labute approximate surface area is 189 Å². The maximum Gasteiger partial charge on any atom is 0.414 e. The molecule has 2 aromatic rings. The van der Waals surface area contributed by atoms with Crippen LogP contribution in [0.1, 0.15) is 30.0 Å². The van der Waals surface area contributed by atoms with Crippen molar-refractivity contribution in [2.75, 3.05) is 20.1 Å². The number of halogens is 1. The number of ether oxygens (including phenoxy) is 1. The van der Waals surface area contributed by atoms with Crippen molar-refractivity contribution >= 4 is 40.8 Å². The molecule has 0 spiro atoms. The number of primary amides is 1. The fraction of sp³-hybridized carbons (Fsp3) is 0.381. The normalized spacial score (nSPS) is 17.2. The summed E-state index contributed by atoms with van der Waals surface area (Å²) in [6, 6.07) is 9.91. The van der Waals surface area contributed by atoms with Crippen molar-refractivity contribution in [3.05, 3.63) is 51.9 Å². The molecule has 0 fully saturated rings. The summed E-state index contributed by atoms with van der Waals surface area (Å²) < 4.78 is 5.66. The third-order valence-corrected chi connectivity index (χ3v) is 6.14. The lowest BCUT2D eigenvalue weighted by molar-refractivity contribution is -0.124. The lowest BCUT2D eigenvalue weighted by Crippen LogP contribution is -2.49. The molecule has 1 aromatic carbocycles. The standard InChI is InChI=1S/C21H25ClN4O4S/c1-26-11-10-13-4-2-3-5-14(13)16(12-26)24-20(28)15(6-8-18(23)27)25-21(29)30-19-9-7-17(22)31-19/h2-5,7,9,15-16H,6,8,10-12H2,1H3,(H2,23,27)(H,24,28)(H,25,29)/t15-,16?/m1/s1. The van der Waals surface area contributed by atoms with E-state index in [1.165, 1.54) is 5.56 Å². The molecule has 0 radical (unpaired) electrons. The number of nitrogens with one attached hydrogen (secondary N) is 2. The molecule has 2 atom stereocenters. The zero-order valence-corrected chi connectivity index (χ0v) is 18.7. The molecule has 1 aromatic heterocycles. The van der Waals surface area contributed by atoms with Crippen molar-refractivity contribution in [1.29, 1.82) is 0 Å². The summed E-state index contributed by atoms with van der Waals surface area (Å²) in [6.07, 6.45) is 0.0928. The molecule has 8 nitrogen and oxygen atoms in total. The Morgan fingerprint density at radius 1 is 1.29 bits per heavy atom. The second kappa shape index (κ2) is 10.6. The molecule has 1 unspecified atom stereocenters. The van der Waals surface area contributed by atoms with Crippen LogP contribution in [0.2, 0.25) is 4.34 Å². The number of hydrogen-bond donors (Lipinski definition) is 3. The highest BCUT2D eigenvalue weighted by molar-refractivity contribution is 7.17. The average Bonchev–Trinajstić information content (AvgIpc) is 3.05. The fourth-order valence-electron chi connectivity index (χ4n) is 3.48. The molecule has 0 saturated carbocycles. The van der Waals surface area contributed by atoms with Crippen LogP contribution in [-0.2, 0) is 16.0 Å². The van der Waals surface area contributed by atoms with Crippen LogP contribution in [0.3, 0.4) is 0 Å². The molecule has 0 bridgehead atoms. The number of carbonyl (C=O) groups excluding carboxylic acids is 3. The lowest BCUT2D eigenvalue weighted by Gasteiger charge is -2.25. The van der Waals surface area contributed by atoms with E-state index in [4.69, 9.17) is 22.1 Å². The average molecular weight is 465 g/mol. The van der Waals surface area contributed by atoms with Crippen LogP contribution in [0.15, 0.2) is 36.4 Å². The van der Waals surface area contributed by atoms with E-state index in [2.05, 4.69) is 21.6 Å². The van der Waals surface area contributed by atoms with E-state index < -0.39 is 23.9 Å². The van der Waals surface area contributed by atoms with Crippen LogP contribution < -0.4 is 21.1 Å². The number of nitrogens with two attached hydrogens (primary N) is 1. The molecule has 31 heavy (non-hydrogen) atoms. The van der Waals surface area contributed by atoms with Crippen molar-refractivity contribution in [2.24, 2.45) is 5.73 Å². The van der Waals surface area contributed by atoms with Gasteiger partial charge in [-0.25, -0.2) is 4.79 Å². The monoisotopic (exact) mass is 464 g/mol. The first-order valence-electron chi connectivity index (χ1n) is 9.90. The molecule has 0 aliphatic carbocycles. The van der Waals surface area contributed by atoms with Crippen LogP contribution in [0.5, 0.6) is 5.06 Å². The first-order chi connectivity index (χ1) is 14.8. The lowest BCUT2D eigenvalue weighted by atomic mass is 9.99. The zero-order valence-electron chi connectivity index (χ0n) is 17.1. The highest BCUT2D eigenvalue weighted by Gasteiger charge is 2.28. The summed E-state index contributed by atoms with van der Waals surface area (Å²) >= 11 is 6.94. The van der Waals surface area contributed by atoms with E-state index >= 15 is 0 Å². The molecule has 10 heteroatoms. The predicted octanol–water partition coefficient (Wildman–Crippen LogP) is 2.47. The number of fused-ring (bicyclic) bond motifs is 1. The Balaban J connectivity index is 1.71. The second-order valence-electron chi connectivity index (χ2n) is 7.42. The van der Waals surface area contributed by atoms with Gasteiger partial charge < -0.3 is 26.0 Å². The minimum absolute atomic E-state index is 0.0512. The summed E-state index contributed by atoms with van der Waals surface area (Å²) in [4.78, 5) is 38.8. The Bertz CT molecular complexity index is 951. The highest BCUT2D eigenvalue weighted by atomic mass is 35.5. The van der Waals surface area contributed by atoms with E-state index in [1.54, 1.807) is 12.1 Å². The summed E-state index contributed by atoms with van der Waals surface area (Å²) in [6.45, 7) is 1.51. The van der Waals surface area contributed by atoms with E-state index in [1.807, 2.05) is 25.2 Å².